The Morgan fingerprint density at radius 1 is 1.39 bits per heavy atom. The van der Waals surface area contributed by atoms with Crippen LogP contribution in [0.15, 0.2) is 24.3 Å². The summed E-state index contributed by atoms with van der Waals surface area (Å²) in [5.41, 5.74) is 1.19. The number of hydrogen-bond acceptors (Lipinski definition) is 3. The molecule has 1 aromatic carbocycles. The molecule has 0 radical (unpaired) electrons. The summed E-state index contributed by atoms with van der Waals surface area (Å²) in [5.74, 6) is 1.07. The minimum atomic E-state index is -0.0500. The molecule has 1 atom stereocenters. The van der Waals surface area contributed by atoms with E-state index in [1.807, 2.05) is 18.2 Å². The molecule has 1 unspecified atom stereocenters. The number of benzene rings is 1. The number of hydrogen-bond donors (Lipinski definition) is 1. The van der Waals surface area contributed by atoms with Gasteiger partial charge in [0.2, 0.25) is 5.91 Å². The molecule has 0 bridgehead atoms. The summed E-state index contributed by atoms with van der Waals surface area (Å²) in [5, 5.41) is 2.89. The molecular formula is C18H26N2O3. The average molecular weight is 318 g/mol. The van der Waals surface area contributed by atoms with Crippen LogP contribution < -0.4 is 10.1 Å². The minimum absolute atomic E-state index is 0.0324. The van der Waals surface area contributed by atoms with E-state index < -0.39 is 0 Å². The zero-order valence-electron chi connectivity index (χ0n) is 14.2. The van der Waals surface area contributed by atoms with Crippen LogP contribution in [0.4, 0.5) is 0 Å². The van der Waals surface area contributed by atoms with Gasteiger partial charge in [0.15, 0.2) is 6.61 Å². The van der Waals surface area contributed by atoms with Gasteiger partial charge in [-0.15, -0.1) is 0 Å². The zero-order chi connectivity index (χ0) is 16.8. The normalized spacial score (nSPS) is 17.9. The highest BCUT2D eigenvalue weighted by Crippen LogP contribution is 2.20. The molecule has 1 fully saturated rings. The zero-order valence-corrected chi connectivity index (χ0v) is 14.2. The van der Waals surface area contributed by atoms with Crippen LogP contribution in [-0.4, -0.2) is 42.5 Å². The number of likely N-dealkylation sites (tertiary alicyclic amines) is 1. The fraction of sp³-hybridized carbons (Fsp3) is 0.556. The van der Waals surface area contributed by atoms with Crippen LogP contribution >= 0.6 is 0 Å². The average Bonchev–Trinajstić information content (AvgIpc) is 2.52. The first-order valence-corrected chi connectivity index (χ1v) is 8.23. The van der Waals surface area contributed by atoms with Crippen molar-refractivity contribution in [3.63, 3.8) is 0 Å². The lowest BCUT2D eigenvalue weighted by Crippen LogP contribution is -2.50. The fourth-order valence-electron chi connectivity index (χ4n) is 2.81. The monoisotopic (exact) mass is 318 g/mol. The molecule has 1 aliphatic rings. The van der Waals surface area contributed by atoms with Gasteiger partial charge in [-0.25, -0.2) is 0 Å². The molecule has 1 heterocycles. The molecule has 0 aromatic heterocycles. The van der Waals surface area contributed by atoms with E-state index >= 15 is 0 Å². The second-order valence-electron chi connectivity index (χ2n) is 6.40. The summed E-state index contributed by atoms with van der Waals surface area (Å²) in [4.78, 5) is 25.2. The third-order valence-electron chi connectivity index (χ3n) is 4.07. The van der Waals surface area contributed by atoms with E-state index in [9.17, 15) is 9.59 Å². The van der Waals surface area contributed by atoms with Crippen LogP contribution in [0.1, 0.15) is 45.1 Å². The van der Waals surface area contributed by atoms with Crippen molar-refractivity contribution in [1.82, 2.24) is 10.2 Å². The maximum Gasteiger partial charge on any atom is 0.260 e. The van der Waals surface area contributed by atoms with Gasteiger partial charge in [0.1, 0.15) is 5.75 Å². The number of nitrogens with one attached hydrogen (secondary N) is 1. The lowest BCUT2D eigenvalue weighted by atomic mass is 10.0. The van der Waals surface area contributed by atoms with E-state index in [4.69, 9.17) is 4.74 Å². The van der Waals surface area contributed by atoms with Crippen molar-refractivity contribution in [3.8, 4) is 5.75 Å². The van der Waals surface area contributed by atoms with Crippen LogP contribution in [0.2, 0.25) is 0 Å². The van der Waals surface area contributed by atoms with Gasteiger partial charge < -0.3 is 15.0 Å². The standard InChI is InChI=1S/C18H26N2O3/c1-13(2)15-6-4-8-17(10-15)23-12-18(22)20-9-5-7-16(11-20)19-14(3)21/h4,6,8,10,13,16H,5,7,9,11-12H2,1-3H3,(H,19,21). The first-order valence-electron chi connectivity index (χ1n) is 8.23. The SMILES string of the molecule is CC(=O)NC1CCCN(C(=O)COc2cccc(C(C)C)c2)C1. The van der Waals surface area contributed by atoms with E-state index in [1.54, 1.807) is 4.90 Å². The Morgan fingerprint density at radius 3 is 2.87 bits per heavy atom. The third-order valence-corrected chi connectivity index (χ3v) is 4.07. The molecule has 0 aliphatic carbocycles. The van der Waals surface area contributed by atoms with E-state index in [0.717, 1.165) is 25.1 Å². The molecule has 0 spiro atoms. The van der Waals surface area contributed by atoms with E-state index in [2.05, 4.69) is 25.2 Å². The summed E-state index contributed by atoms with van der Waals surface area (Å²) < 4.78 is 5.65. The Balaban J connectivity index is 1.86. The Hall–Kier alpha value is -2.04. The summed E-state index contributed by atoms with van der Waals surface area (Å²) in [6.07, 6.45) is 1.82. The third kappa shape index (κ3) is 5.27. The fourth-order valence-corrected chi connectivity index (χ4v) is 2.81. The van der Waals surface area contributed by atoms with Crippen LogP contribution in [0.3, 0.4) is 0 Å². The number of ether oxygens (including phenoxy) is 1. The largest absolute Gasteiger partial charge is 0.484 e. The predicted molar refractivity (Wildman–Crippen MR) is 89.4 cm³/mol. The van der Waals surface area contributed by atoms with Crippen LogP contribution in [-0.2, 0) is 9.59 Å². The summed E-state index contributed by atoms with van der Waals surface area (Å²) >= 11 is 0. The van der Waals surface area contributed by atoms with Crippen LogP contribution in [0.25, 0.3) is 0 Å². The Kier molecular flexibility index (Phi) is 6.02. The van der Waals surface area contributed by atoms with Gasteiger partial charge in [-0.3, -0.25) is 9.59 Å². The number of rotatable bonds is 5. The Labute approximate surface area is 138 Å². The quantitative estimate of drug-likeness (QED) is 0.906. The van der Waals surface area contributed by atoms with Crippen LogP contribution in [0, 0.1) is 0 Å². The minimum Gasteiger partial charge on any atom is -0.484 e. The van der Waals surface area contributed by atoms with Gasteiger partial charge in [0.05, 0.1) is 0 Å². The first kappa shape index (κ1) is 17.3. The summed E-state index contributed by atoms with van der Waals surface area (Å²) in [6, 6.07) is 7.91. The molecule has 23 heavy (non-hydrogen) atoms. The van der Waals surface area contributed by atoms with E-state index in [0.29, 0.717) is 12.5 Å². The molecule has 1 saturated heterocycles. The van der Waals surface area contributed by atoms with E-state index in [-0.39, 0.29) is 24.5 Å². The Bertz CT molecular complexity index is 557. The van der Waals surface area contributed by atoms with Gasteiger partial charge in [0, 0.05) is 26.1 Å². The van der Waals surface area contributed by atoms with Gasteiger partial charge in [-0.05, 0) is 36.5 Å². The number of carbonyl (C=O) groups excluding carboxylic acids is 2. The Morgan fingerprint density at radius 2 is 2.17 bits per heavy atom. The molecule has 5 heteroatoms. The molecule has 2 amide bonds. The molecular weight excluding hydrogens is 292 g/mol. The van der Waals surface area contributed by atoms with Gasteiger partial charge in [-0.2, -0.15) is 0 Å². The highest BCUT2D eigenvalue weighted by atomic mass is 16.5. The highest BCUT2D eigenvalue weighted by molar-refractivity contribution is 5.78. The van der Waals surface area contributed by atoms with Crippen molar-refractivity contribution in [2.75, 3.05) is 19.7 Å². The van der Waals surface area contributed by atoms with Crippen molar-refractivity contribution in [2.24, 2.45) is 0 Å². The second kappa shape index (κ2) is 7.99. The smallest absolute Gasteiger partial charge is 0.260 e. The van der Waals surface area contributed by atoms with Gasteiger partial charge in [-0.1, -0.05) is 26.0 Å². The van der Waals surface area contributed by atoms with Gasteiger partial charge >= 0.3 is 0 Å². The van der Waals surface area contributed by atoms with Gasteiger partial charge in [0.25, 0.3) is 5.91 Å². The molecule has 2 rings (SSSR count). The molecule has 5 nitrogen and oxygen atoms in total. The molecule has 126 valence electrons. The molecule has 0 saturated carbocycles. The summed E-state index contributed by atoms with van der Waals surface area (Å²) in [7, 11) is 0. The van der Waals surface area contributed by atoms with E-state index in [1.165, 1.54) is 12.5 Å². The van der Waals surface area contributed by atoms with Crippen LogP contribution in [0.5, 0.6) is 5.75 Å². The van der Waals surface area contributed by atoms with Crippen molar-refractivity contribution >= 4 is 11.8 Å². The topological polar surface area (TPSA) is 58.6 Å². The number of carbonyl (C=O) groups is 2. The second-order valence-corrected chi connectivity index (χ2v) is 6.40. The first-order chi connectivity index (χ1) is 11.0. The number of amides is 2. The lowest BCUT2D eigenvalue weighted by molar-refractivity contribution is -0.135. The van der Waals surface area contributed by atoms with Crippen molar-refractivity contribution in [2.45, 2.75) is 45.6 Å². The maximum atomic E-state index is 12.3. The van der Waals surface area contributed by atoms with Crippen molar-refractivity contribution in [3.05, 3.63) is 29.8 Å². The summed E-state index contributed by atoms with van der Waals surface area (Å²) in [6.45, 7) is 7.08. The number of nitrogens with zero attached hydrogens (tertiary/aromatic N) is 1. The highest BCUT2D eigenvalue weighted by Gasteiger charge is 2.24. The predicted octanol–water partition coefficient (Wildman–Crippen LogP) is 2.32. The molecule has 1 N–H and O–H groups in total. The van der Waals surface area contributed by atoms with Crippen molar-refractivity contribution in [1.29, 1.82) is 0 Å². The molecule has 1 aromatic rings. The lowest BCUT2D eigenvalue weighted by Gasteiger charge is -2.32. The van der Waals surface area contributed by atoms with Crippen molar-refractivity contribution < 1.29 is 14.3 Å². The molecule has 1 aliphatic heterocycles. The maximum absolute atomic E-state index is 12.3. The number of piperidine rings is 1.